The van der Waals surface area contributed by atoms with Crippen molar-refractivity contribution in [3.63, 3.8) is 0 Å². The lowest BCUT2D eigenvalue weighted by Gasteiger charge is -2.11. The largest absolute Gasteiger partial charge is 0.379 e. The Hall–Kier alpha value is -1.43. The summed E-state index contributed by atoms with van der Waals surface area (Å²) in [6.07, 6.45) is 8.64. The van der Waals surface area contributed by atoms with Crippen LogP contribution in [0.25, 0.3) is 0 Å². The molecule has 1 aromatic rings. The van der Waals surface area contributed by atoms with Gasteiger partial charge >= 0.3 is 0 Å². The Morgan fingerprint density at radius 3 is 3.06 bits per heavy atom. The molecular weight excluding hydrogens is 248 g/mol. The average molecular weight is 267 g/mol. The number of nitrogens with zero attached hydrogens (tertiary/aromatic N) is 2. The molecule has 1 rings (SSSR count). The molecule has 0 aliphatic rings. The number of aromatic nitrogens is 2. The predicted octanol–water partition coefficient (Wildman–Crippen LogP) is 0.906. The number of carbonyl (C=O) groups excluding carboxylic acids is 1. The maximum Gasteiger partial charge on any atom is 0.217 e. The predicted molar refractivity (Wildman–Crippen MR) is 74.7 cm³/mol. The van der Waals surface area contributed by atoms with Crippen LogP contribution in [0.15, 0.2) is 18.7 Å². The monoisotopic (exact) mass is 267 g/mol. The lowest BCUT2D eigenvalue weighted by Crippen LogP contribution is -2.27. The van der Waals surface area contributed by atoms with Crippen LogP contribution in [0.3, 0.4) is 0 Å². The first-order valence-electron chi connectivity index (χ1n) is 5.94. The third kappa shape index (κ3) is 6.34. The second kappa shape index (κ2) is 7.81. The molecule has 0 unspecified atom stereocenters. The van der Waals surface area contributed by atoms with E-state index in [4.69, 9.17) is 18.0 Å². The Balaban J connectivity index is 2.08. The van der Waals surface area contributed by atoms with E-state index in [-0.39, 0.29) is 11.8 Å². The van der Waals surface area contributed by atoms with Crippen LogP contribution in [0.2, 0.25) is 0 Å². The standard InChI is InChI=1S/C12H19N4OS/c1-10(7-11(13)17)8-12(18)15-3-2-5-16-6-4-14-9-16/h4,6,8-10H,2-3,5,7H2,1H3,(H2,13,17)(H,15,18)/t10-/m1/s1. The first-order chi connectivity index (χ1) is 8.58. The number of nitrogens with one attached hydrogen (secondary N) is 1. The lowest BCUT2D eigenvalue weighted by molar-refractivity contribution is -0.118. The Morgan fingerprint density at radius 1 is 1.67 bits per heavy atom. The molecule has 0 saturated heterocycles. The van der Waals surface area contributed by atoms with Crippen molar-refractivity contribution >= 4 is 23.1 Å². The van der Waals surface area contributed by atoms with Crippen LogP contribution < -0.4 is 11.1 Å². The highest BCUT2D eigenvalue weighted by Crippen LogP contribution is 2.05. The topological polar surface area (TPSA) is 72.9 Å². The first kappa shape index (κ1) is 14.6. The zero-order valence-corrected chi connectivity index (χ0v) is 11.3. The van der Waals surface area contributed by atoms with Gasteiger partial charge in [0.05, 0.1) is 11.3 Å². The molecule has 0 fully saturated rings. The van der Waals surface area contributed by atoms with Gasteiger partial charge in [-0.2, -0.15) is 0 Å². The molecule has 99 valence electrons. The number of rotatable bonds is 8. The number of aryl methyl sites for hydroxylation is 1. The van der Waals surface area contributed by atoms with E-state index in [9.17, 15) is 4.79 Å². The molecule has 1 atom stereocenters. The molecule has 1 heterocycles. The summed E-state index contributed by atoms with van der Waals surface area (Å²) >= 11 is 5.16. The molecule has 0 aliphatic carbocycles. The quantitative estimate of drug-likeness (QED) is 0.542. The van der Waals surface area contributed by atoms with Gasteiger partial charge < -0.3 is 15.6 Å². The molecule has 0 spiro atoms. The van der Waals surface area contributed by atoms with E-state index in [1.165, 1.54) is 0 Å². The summed E-state index contributed by atoms with van der Waals surface area (Å²) in [4.78, 5) is 15.4. The molecule has 1 radical (unpaired) electrons. The van der Waals surface area contributed by atoms with E-state index < -0.39 is 0 Å². The number of primary amides is 1. The molecule has 18 heavy (non-hydrogen) atoms. The maximum atomic E-state index is 10.7. The van der Waals surface area contributed by atoms with Gasteiger partial charge in [-0.05, 0) is 12.3 Å². The highest BCUT2D eigenvalue weighted by Gasteiger charge is 2.08. The zero-order chi connectivity index (χ0) is 13.4. The Morgan fingerprint density at radius 2 is 2.44 bits per heavy atom. The van der Waals surface area contributed by atoms with Crippen LogP contribution in [0.1, 0.15) is 19.8 Å². The van der Waals surface area contributed by atoms with Gasteiger partial charge in [0.1, 0.15) is 0 Å². The Kier molecular flexibility index (Phi) is 6.35. The fourth-order valence-corrected chi connectivity index (χ4v) is 1.92. The molecular formula is C12H19N4OS. The second-order valence-corrected chi connectivity index (χ2v) is 4.70. The van der Waals surface area contributed by atoms with E-state index in [1.807, 2.05) is 24.1 Å². The van der Waals surface area contributed by atoms with Gasteiger partial charge in [-0.25, -0.2) is 4.98 Å². The third-order valence-electron chi connectivity index (χ3n) is 2.41. The van der Waals surface area contributed by atoms with Crippen molar-refractivity contribution in [3.05, 3.63) is 25.1 Å². The summed E-state index contributed by atoms with van der Waals surface area (Å²) in [5, 5.41) is 3.14. The van der Waals surface area contributed by atoms with Crippen molar-refractivity contribution in [1.29, 1.82) is 0 Å². The third-order valence-corrected chi connectivity index (χ3v) is 2.69. The summed E-state index contributed by atoms with van der Waals surface area (Å²) in [5.74, 6) is -0.224. The van der Waals surface area contributed by atoms with E-state index in [2.05, 4.69) is 10.3 Å². The molecule has 5 nitrogen and oxygen atoms in total. The van der Waals surface area contributed by atoms with Gasteiger partial charge in [-0.3, -0.25) is 4.79 Å². The van der Waals surface area contributed by atoms with Gasteiger partial charge in [0, 0.05) is 38.3 Å². The molecule has 0 saturated carbocycles. The van der Waals surface area contributed by atoms with Crippen LogP contribution in [0, 0.1) is 12.3 Å². The van der Waals surface area contributed by atoms with E-state index in [0.717, 1.165) is 19.5 Å². The molecule has 1 aromatic heterocycles. The minimum Gasteiger partial charge on any atom is -0.379 e. The van der Waals surface area contributed by atoms with Gasteiger partial charge in [0.15, 0.2) is 0 Å². The first-order valence-corrected chi connectivity index (χ1v) is 6.35. The molecule has 0 aromatic carbocycles. The zero-order valence-electron chi connectivity index (χ0n) is 10.5. The average Bonchev–Trinajstić information content (AvgIpc) is 2.75. The Bertz CT molecular complexity index is 377. The lowest BCUT2D eigenvalue weighted by atomic mass is 10.0. The number of carbonyl (C=O) groups is 1. The van der Waals surface area contributed by atoms with Crippen molar-refractivity contribution in [2.75, 3.05) is 6.54 Å². The Labute approximate surface area is 113 Å². The molecule has 6 heteroatoms. The van der Waals surface area contributed by atoms with Crippen LogP contribution in [0.4, 0.5) is 0 Å². The molecule has 0 bridgehead atoms. The van der Waals surface area contributed by atoms with Crippen molar-refractivity contribution < 1.29 is 4.79 Å². The van der Waals surface area contributed by atoms with Crippen molar-refractivity contribution in [3.8, 4) is 0 Å². The second-order valence-electron chi connectivity index (χ2n) is 4.26. The van der Waals surface area contributed by atoms with Crippen LogP contribution in [0.5, 0.6) is 0 Å². The fraction of sp³-hybridized carbons (Fsp3) is 0.500. The maximum absolute atomic E-state index is 10.7. The van der Waals surface area contributed by atoms with Gasteiger partial charge in [0.2, 0.25) is 5.91 Å². The summed E-state index contributed by atoms with van der Waals surface area (Å²) in [6, 6.07) is 0. The smallest absolute Gasteiger partial charge is 0.217 e. The van der Waals surface area contributed by atoms with E-state index >= 15 is 0 Å². The number of hydrogen-bond acceptors (Lipinski definition) is 3. The van der Waals surface area contributed by atoms with E-state index in [0.29, 0.717) is 11.4 Å². The van der Waals surface area contributed by atoms with Crippen molar-refractivity contribution in [2.45, 2.75) is 26.3 Å². The van der Waals surface area contributed by atoms with Crippen molar-refractivity contribution in [2.24, 2.45) is 11.7 Å². The van der Waals surface area contributed by atoms with Gasteiger partial charge in [0.25, 0.3) is 0 Å². The number of imidazole rings is 1. The highest BCUT2D eigenvalue weighted by atomic mass is 32.1. The van der Waals surface area contributed by atoms with Gasteiger partial charge in [-0.15, -0.1) is 0 Å². The van der Waals surface area contributed by atoms with Crippen LogP contribution in [-0.2, 0) is 11.3 Å². The van der Waals surface area contributed by atoms with Gasteiger partial charge in [-0.1, -0.05) is 19.1 Å². The summed E-state index contributed by atoms with van der Waals surface area (Å²) in [6.45, 7) is 3.63. The minimum absolute atomic E-state index is 0.0798. The summed E-state index contributed by atoms with van der Waals surface area (Å²) in [5.41, 5.74) is 5.11. The molecule has 3 N–H and O–H groups in total. The summed E-state index contributed by atoms with van der Waals surface area (Å²) < 4.78 is 2.02. The molecule has 0 aliphatic heterocycles. The minimum atomic E-state index is -0.304. The molecule has 1 amide bonds. The van der Waals surface area contributed by atoms with Crippen LogP contribution in [-0.4, -0.2) is 27.0 Å². The highest BCUT2D eigenvalue weighted by molar-refractivity contribution is 7.80. The summed E-state index contributed by atoms with van der Waals surface area (Å²) in [7, 11) is 0. The van der Waals surface area contributed by atoms with Crippen LogP contribution >= 0.6 is 12.2 Å². The number of hydrogen-bond donors (Lipinski definition) is 2. The number of thiocarbonyl (C=S) groups is 1. The number of amides is 1. The fourth-order valence-electron chi connectivity index (χ4n) is 1.59. The van der Waals surface area contributed by atoms with Crippen molar-refractivity contribution in [1.82, 2.24) is 14.9 Å². The SMILES string of the molecule is C[C@@H]([CH]C(=S)NCCCn1ccnc1)CC(N)=O. The normalized spacial score (nSPS) is 12.1. The number of nitrogens with two attached hydrogens (primary N) is 1. The van der Waals surface area contributed by atoms with E-state index in [1.54, 1.807) is 12.5 Å².